The number of nitrogens with zero attached hydrogens (tertiary/aromatic N) is 3. The van der Waals surface area contributed by atoms with Crippen LogP contribution in [0.4, 0.5) is 20.8 Å². The van der Waals surface area contributed by atoms with Crippen molar-refractivity contribution in [1.29, 1.82) is 0 Å². The maximum absolute atomic E-state index is 13.7. The number of hydrogen-bond donors (Lipinski definition) is 1. The lowest BCUT2D eigenvalue weighted by atomic mass is 10.2. The number of fused-ring (bicyclic) bond motifs is 2. The second-order valence-corrected chi connectivity index (χ2v) is 5.94. The quantitative estimate of drug-likeness (QED) is 0.602. The number of nitrogens with one attached hydrogen (secondary N) is 1. The zero-order valence-electron chi connectivity index (χ0n) is 13.5. The highest BCUT2D eigenvalue weighted by atomic mass is 19.1. The van der Waals surface area contributed by atoms with Crippen molar-refractivity contribution in [1.82, 2.24) is 14.9 Å². The van der Waals surface area contributed by atoms with Gasteiger partial charge in [0.2, 0.25) is 0 Å². The van der Waals surface area contributed by atoms with E-state index in [4.69, 9.17) is 8.83 Å². The van der Waals surface area contributed by atoms with Crippen LogP contribution >= 0.6 is 0 Å². The molecule has 128 valence electrons. The number of halogens is 2. The summed E-state index contributed by atoms with van der Waals surface area (Å²) in [5, 5.41) is 2.73. The first-order chi connectivity index (χ1) is 12.0. The molecular formula is C17H14F2N4O2. The van der Waals surface area contributed by atoms with Crippen LogP contribution in [0.25, 0.3) is 22.2 Å². The Morgan fingerprint density at radius 3 is 2.56 bits per heavy atom. The fraction of sp³-hybridized carbons (Fsp3) is 0.176. The molecule has 2 heterocycles. The minimum Gasteiger partial charge on any atom is -0.423 e. The minimum absolute atomic E-state index is 0.0282. The van der Waals surface area contributed by atoms with E-state index >= 15 is 0 Å². The summed E-state index contributed by atoms with van der Waals surface area (Å²) in [4.78, 5) is 10.4. The molecule has 0 bridgehead atoms. The summed E-state index contributed by atoms with van der Waals surface area (Å²) in [5.41, 5.74) is 2.31. The predicted octanol–water partition coefficient (Wildman–Crippen LogP) is 4.05. The largest absolute Gasteiger partial charge is 0.423 e. The highest BCUT2D eigenvalue weighted by molar-refractivity contribution is 5.77. The summed E-state index contributed by atoms with van der Waals surface area (Å²) >= 11 is 0. The Hall–Kier alpha value is -3.00. The van der Waals surface area contributed by atoms with E-state index in [0.29, 0.717) is 11.1 Å². The lowest BCUT2D eigenvalue weighted by Gasteiger charge is -2.08. The van der Waals surface area contributed by atoms with Gasteiger partial charge in [0.25, 0.3) is 0 Å². The molecule has 0 saturated carbocycles. The van der Waals surface area contributed by atoms with Gasteiger partial charge < -0.3 is 13.7 Å². The number of oxazole rings is 2. The van der Waals surface area contributed by atoms with Crippen LogP contribution in [0.2, 0.25) is 0 Å². The van der Waals surface area contributed by atoms with Crippen LogP contribution in [0.5, 0.6) is 0 Å². The van der Waals surface area contributed by atoms with Gasteiger partial charge in [-0.15, -0.1) is 0 Å². The summed E-state index contributed by atoms with van der Waals surface area (Å²) in [6.07, 6.45) is 0. The zero-order valence-corrected chi connectivity index (χ0v) is 13.5. The van der Waals surface area contributed by atoms with E-state index in [0.717, 1.165) is 24.2 Å². The number of aromatic nitrogens is 2. The average molecular weight is 344 g/mol. The van der Waals surface area contributed by atoms with Crippen molar-refractivity contribution in [3.63, 3.8) is 0 Å². The number of benzene rings is 2. The number of rotatable bonds is 4. The maximum Gasteiger partial charge on any atom is 0.304 e. The monoisotopic (exact) mass is 344 g/mol. The molecular weight excluding hydrogens is 330 g/mol. The minimum atomic E-state index is -0.818. The van der Waals surface area contributed by atoms with Gasteiger partial charge in [0.05, 0.1) is 0 Å². The summed E-state index contributed by atoms with van der Waals surface area (Å²) in [5.74, 6) is -1.54. The predicted molar refractivity (Wildman–Crippen MR) is 88.6 cm³/mol. The summed E-state index contributed by atoms with van der Waals surface area (Å²) in [7, 11) is 3.96. The second-order valence-electron chi connectivity index (χ2n) is 5.94. The molecule has 0 radical (unpaired) electrons. The molecule has 25 heavy (non-hydrogen) atoms. The molecule has 2 aromatic carbocycles. The highest BCUT2D eigenvalue weighted by Gasteiger charge is 2.14. The molecule has 0 atom stereocenters. The van der Waals surface area contributed by atoms with Crippen LogP contribution < -0.4 is 5.32 Å². The van der Waals surface area contributed by atoms with E-state index in [1.54, 1.807) is 0 Å². The van der Waals surface area contributed by atoms with E-state index in [1.165, 1.54) is 0 Å². The van der Waals surface area contributed by atoms with Crippen molar-refractivity contribution < 1.29 is 17.6 Å². The molecule has 2 aromatic heterocycles. The van der Waals surface area contributed by atoms with E-state index in [9.17, 15) is 8.78 Å². The van der Waals surface area contributed by atoms with Crippen LogP contribution in [0.15, 0.2) is 39.2 Å². The third-order valence-corrected chi connectivity index (χ3v) is 3.57. The Bertz CT molecular complexity index is 1070. The van der Waals surface area contributed by atoms with Crippen LogP contribution in [0.3, 0.4) is 0 Å². The Kier molecular flexibility index (Phi) is 3.61. The summed E-state index contributed by atoms with van der Waals surface area (Å²) in [6.45, 7) is 0.779. The third kappa shape index (κ3) is 3.03. The van der Waals surface area contributed by atoms with Crippen molar-refractivity contribution in [3.8, 4) is 0 Å². The summed E-state index contributed by atoms with van der Waals surface area (Å²) < 4.78 is 37.7. The Morgan fingerprint density at radius 1 is 1.00 bits per heavy atom. The van der Waals surface area contributed by atoms with E-state index < -0.39 is 11.6 Å². The molecule has 1 N–H and O–H groups in total. The molecule has 4 aromatic rings. The summed E-state index contributed by atoms with van der Waals surface area (Å²) in [6, 6.07) is 7.66. The Labute approximate surface area is 141 Å². The molecule has 0 fully saturated rings. The van der Waals surface area contributed by atoms with Crippen molar-refractivity contribution in [2.45, 2.75) is 6.54 Å². The van der Waals surface area contributed by atoms with Gasteiger partial charge in [0.1, 0.15) is 16.9 Å². The van der Waals surface area contributed by atoms with Gasteiger partial charge in [-0.3, -0.25) is 5.32 Å². The standard InChI is InChI=1S/C17H14F2N4O2/c1-23(2)8-9-3-4-14-12(5-9)20-16(24-14)22-17-21-13-7-10(18)6-11(19)15(13)25-17/h3-7H,8H2,1-2H3,(H,20,21,22). The molecule has 8 heteroatoms. The van der Waals surface area contributed by atoms with Gasteiger partial charge in [0.15, 0.2) is 17.0 Å². The fourth-order valence-corrected chi connectivity index (χ4v) is 2.59. The van der Waals surface area contributed by atoms with E-state index in [-0.39, 0.29) is 23.1 Å². The SMILES string of the molecule is CN(C)Cc1ccc2oc(Nc3nc4cc(F)cc(F)c4o3)nc2c1. The molecule has 0 aliphatic rings. The zero-order chi connectivity index (χ0) is 17.6. The van der Waals surface area contributed by atoms with Crippen molar-refractivity contribution in [2.24, 2.45) is 0 Å². The lowest BCUT2D eigenvalue weighted by Crippen LogP contribution is -2.10. The van der Waals surface area contributed by atoms with Crippen LogP contribution in [-0.4, -0.2) is 29.0 Å². The Morgan fingerprint density at radius 2 is 1.76 bits per heavy atom. The van der Waals surface area contributed by atoms with Gasteiger partial charge in [-0.05, 0) is 31.8 Å². The first kappa shape index (κ1) is 15.5. The van der Waals surface area contributed by atoms with Crippen molar-refractivity contribution >= 4 is 34.2 Å². The Balaban J connectivity index is 1.65. The molecule has 0 saturated heterocycles. The van der Waals surface area contributed by atoms with E-state index in [2.05, 4.69) is 15.3 Å². The number of anilines is 2. The van der Waals surface area contributed by atoms with Gasteiger partial charge in [-0.25, -0.2) is 8.78 Å². The maximum atomic E-state index is 13.7. The molecule has 0 aliphatic carbocycles. The van der Waals surface area contributed by atoms with Crippen LogP contribution in [-0.2, 0) is 6.54 Å². The molecule has 0 amide bonds. The molecule has 0 spiro atoms. The average Bonchev–Trinajstić information content (AvgIpc) is 3.09. The molecule has 0 unspecified atom stereocenters. The van der Waals surface area contributed by atoms with Gasteiger partial charge in [-0.1, -0.05) is 6.07 Å². The lowest BCUT2D eigenvalue weighted by molar-refractivity contribution is 0.402. The molecule has 0 aliphatic heterocycles. The van der Waals surface area contributed by atoms with Crippen molar-refractivity contribution in [3.05, 3.63) is 47.5 Å². The van der Waals surface area contributed by atoms with Gasteiger partial charge >= 0.3 is 12.0 Å². The second kappa shape index (κ2) is 5.82. The third-order valence-electron chi connectivity index (χ3n) is 3.57. The topological polar surface area (TPSA) is 67.3 Å². The normalized spacial score (nSPS) is 11.7. The van der Waals surface area contributed by atoms with E-state index in [1.807, 2.05) is 37.2 Å². The number of hydrogen-bond acceptors (Lipinski definition) is 6. The van der Waals surface area contributed by atoms with Crippen LogP contribution in [0, 0.1) is 11.6 Å². The molecule has 6 nitrogen and oxygen atoms in total. The first-order valence-corrected chi connectivity index (χ1v) is 7.55. The fourth-order valence-electron chi connectivity index (χ4n) is 2.59. The first-order valence-electron chi connectivity index (χ1n) is 7.55. The smallest absolute Gasteiger partial charge is 0.304 e. The van der Waals surface area contributed by atoms with Gasteiger partial charge in [-0.2, -0.15) is 9.97 Å². The molecule has 4 rings (SSSR count). The van der Waals surface area contributed by atoms with Gasteiger partial charge in [0, 0.05) is 18.7 Å². The van der Waals surface area contributed by atoms with Crippen molar-refractivity contribution in [2.75, 3.05) is 19.4 Å². The van der Waals surface area contributed by atoms with Crippen LogP contribution in [0.1, 0.15) is 5.56 Å². The highest BCUT2D eigenvalue weighted by Crippen LogP contribution is 2.27.